The number of rotatable bonds is 6. The normalized spacial score (nSPS) is 11.4. The maximum absolute atomic E-state index is 6.52. The molecule has 0 N–H and O–H groups in total. The van der Waals surface area contributed by atoms with Crippen molar-refractivity contribution in [2.45, 2.75) is 0 Å². The highest BCUT2D eigenvalue weighted by molar-refractivity contribution is 6.19. The van der Waals surface area contributed by atoms with Crippen LogP contribution in [-0.4, -0.2) is 15.0 Å². The quantitative estimate of drug-likeness (QED) is 0.176. The van der Waals surface area contributed by atoms with Gasteiger partial charge in [0, 0.05) is 32.8 Å². The SMILES string of the molecule is c1ccc(-c2cccc(-c3nc(-c4cccc(-c5ccccc5)c4)nc(-c4cccc(-c5cccc6ccc7c8ccccc8oc7c56)c4)n3)c2)cc1. The molecule has 10 aromatic rings. The maximum atomic E-state index is 6.52. The molecule has 0 unspecified atom stereocenters. The van der Waals surface area contributed by atoms with Crippen LogP contribution >= 0.6 is 0 Å². The van der Waals surface area contributed by atoms with Crippen molar-refractivity contribution >= 4 is 32.7 Å². The van der Waals surface area contributed by atoms with E-state index >= 15 is 0 Å². The van der Waals surface area contributed by atoms with Gasteiger partial charge in [-0.3, -0.25) is 0 Å². The van der Waals surface area contributed by atoms with Crippen LogP contribution in [0.5, 0.6) is 0 Å². The van der Waals surface area contributed by atoms with Crippen molar-refractivity contribution in [2.24, 2.45) is 0 Å². The third-order valence-corrected chi connectivity index (χ3v) is 9.91. The molecule has 0 spiro atoms. The van der Waals surface area contributed by atoms with Crippen molar-refractivity contribution in [3.63, 3.8) is 0 Å². The van der Waals surface area contributed by atoms with Gasteiger partial charge in [0.25, 0.3) is 0 Å². The van der Waals surface area contributed by atoms with E-state index in [1.807, 2.05) is 24.3 Å². The average Bonchev–Trinajstić information content (AvgIpc) is 3.63. The largest absolute Gasteiger partial charge is 0.455 e. The van der Waals surface area contributed by atoms with Gasteiger partial charge in [-0.1, -0.05) is 158 Å². The number of para-hydroxylation sites is 1. The summed E-state index contributed by atoms with van der Waals surface area (Å²) in [5.41, 5.74) is 11.2. The lowest BCUT2D eigenvalue weighted by atomic mass is 9.95. The lowest BCUT2D eigenvalue weighted by molar-refractivity contribution is 0.673. The van der Waals surface area contributed by atoms with E-state index in [2.05, 4.69) is 164 Å². The Hall–Kier alpha value is -7.17. The Morgan fingerprint density at radius 2 is 0.792 bits per heavy atom. The molecule has 0 bridgehead atoms. The first-order valence-corrected chi connectivity index (χ1v) is 17.8. The van der Waals surface area contributed by atoms with Gasteiger partial charge in [0.1, 0.15) is 11.2 Å². The zero-order chi connectivity index (χ0) is 35.1. The zero-order valence-electron chi connectivity index (χ0n) is 28.6. The third-order valence-electron chi connectivity index (χ3n) is 9.91. The van der Waals surface area contributed by atoms with Crippen LogP contribution in [0, 0.1) is 0 Å². The van der Waals surface area contributed by atoms with Crippen LogP contribution in [0.25, 0.3) is 100 Å². The second kappa shape index (κ2) is 12.9. The molecule has 2 aromatic heterocycles. The Bertz CT molecular complexity index is 2850. The van der Waals surface area contributed by atoms with Crippen molar-refractivity contribution in [3.05, 3.63) is 188 Å². The highest BCUT2D eigenvalue weighted by Gasteiger charge is 2.17. The molecule has 0 radical (unpaired) electrons. The standard InChI is InChI=1S/C49H31N3O/c1-3-13-32(14-4-1)35-18-9-21-38(29-35)47-50-48(39-22-10-19-36(30-39)33-15-5-2-6-16-33)52-49(51-47)40-23-11-20-37(31-40)41-25-12-17-34-27-28-43-42-24-7-8-26-44(42)53-46(43)45(34)41/h1-31H. The van der Waals surface area contributed by atoms with E-state index in [9.17, 15) is 0 Å². The fourth-order valence-electron chi connectivity index (χ4n) is 7.32. The molecule has 0 aliphatic carbocycles. The summed E-state index contributed by atoms with van der Waals surface area (Å²) in [7, 11) is 0. The summed E-state index contributed by atoms with van der Waals surface area (Å²) in [5, 5.41) is 4.44. The first kappa shape index (κ1) is 30.6. The minimum absolute atomic E-state index is 0.608. The predicted octanol–water partition coefficient (Wildman–Crippen LogP) is 12.9. The van der Waals surface area contributed by atoms with E-state index in [0.29, 0.717) is 17.5 Å². The Balaban J connectivity index is 1.15. The fraction of sp³-hybridized carbons (Fsp3) is 0. The summed E-state index contributed by atoms with van der Waals surface area (Å²) in [6.07, 6.45) is 0. The molecule has 0 aliphatic rings. The van der Waals surface area contributed by atoms with Gasteiger partial charge in [0.2, 0.25) is 0 Å². The van der Waals surface area contributed by atoms with Crippen LogP contribution in [0.3, 0.4) is 0 Å². The molecule has 0 saturated carbocycles. The molecule has 4 heteroatoms. The molecule has 8 aromatic carbocycles. The van der Waals surface area contributed by atoms with Crippen LogP contribution in [0.2, 0.25) is 0 Å². The van der Waals surface area contributed by atoms with Crippen LogP contribution in [0.4, 0.5) is 0 Å². The molecule has 53 heavy (non-hydrogen) atoms. The van der Waals surface area contributed by atoms with Gasteiger partial charge < -0.3 is 4.42 Å². The first-order valence-electron chi connectivity index (χ1n) is 17.8. The molecule has 0 saturated heterocycles. The molecular formula is C49H31N3O. The van der Waals surface area contributed by atoms with Gasteiger partial charge in [-0.15, -0.1) is 0 Å². The average molecular weight is 678 g/mol. The molecule has 0 fully saturated rings. The Morgan fingerprint density at radius 1 is 0.321 bits per heavy atom. The van der Waals surface area contributed by atoms with Crippen molar-refractivity contribution in [1.82, 2.24) is 15.0 Å². The van der Waals surface area contributed by atoms with Crippen molar-refractivity contribution < 1.29 is 4.42 Å². The zero-order valence-corrected chi connectivity index (χ0v) is 28.6. The van der Waals surface area contributed by atoms with E-state index in [0.717, 1.165) is 82.8 Å². The van der Waals surface area contributed by atoms with Gasteiger partial charge in [-0.05, 0) is 69.1 Å². The van der Waals surface area contributed by atoms with Gasteiger partial charge in [0.15, 0.2) is 17.5 Å². The minimum Gasteiger partial charge on any atom is -0.455 e. The monoisotopic (exact) mass is 677 g/mol. The summed E-state index contributed by atoms with van der Waals surface area (Å²) in [6, 6.07) is 65.1. The molecule has 0 atom stereocenters. The van der Waals surface area contributed by atoms with E-state index < -0.39 is 0 Å². The molecule has 0 aliphatic heterocycles. The number of benzene rings is 8. The van der Waals surface area contributed by atoms with Crippen LogP contribution in [0.1, 0.15) is 0 Å². The van der Waals surface area contributed by atoms with Crippen LogP contribution in [-0.2, 0) is 0 Å². The van der Waals surface area contributed by atoms with E-state index in [1.165, 1.54) is 0 Å². The second-order valence-electron chi connectivity index (χ2n) is 13.2. The fourth-order valence-corrected chi connectivity index (χ4v) is 7.32. The highest BCUT2D eigenvalue weighted by Crippen LogP contribution is 2.40. The van der Waals surface area contributed by atoms with Gasteiger partial charge in [-0.25, -0.2) is 15.0 Å². The second-order valence-corrected chi connectivity index (χ2v) is 13.2. The smallest absolute Gasteiger partial charge is 0.164 e. The first-order chi connectivity index (χ1) is 26.2. The van der Waals surface area contributed by atoms with Gasteiger partial charge in [-0.2, -0.15) is 0 Å². The third kappa shape index (κ3) is 5.63. The lowest BCUT2D eigenvalue weighted by Gasteiger charge is -2.12. The summed E-state index contributed by atoms with van der Waals surface area (Å²) >= 11 is 0. The Kier molecular flexibility index (Phi) is 7.43. The molecule has 10 rings (SSSR count). The number of hydrogen-bond donors (Lipinski definition) is 0. The summed E-state index contributed by atoms with van der Waals surface area (Å²) in [6.45, 7) is 0. The number of fused-ring (bicyclic) bond motifs is 5. The maximum Gasteiger partial charge on any atom is 0.164 e. The number of nitrogens with zero attached hydrogens (tertiary/aromatic N) is 3. The lowest BCUT2D eigenvalue weighted by Crippen LogP contribution is -2.00. The summed E-state index contributed by atoms with van der Waals surface area (Å²) < 4.78 is 6.52. The number of hydrogen-bond acceptors (Lipinski definition) is 4. The Labute approximate surface area is 306 Å². The Morgan fingerprint density at radius 3 is 1.40 bits per heavy atom. The summed E-state index contributed by atoms with van der Waals surface area (Å²) in [5.74, 6) is 1.84. The van der Waals surface area contributed by atoms with Crippen LogP contribution < -0.4 is 0 Å². The number of aromatic nitrogens is 3. The van der Waals surface area contributed by atoms with Gasteiger partial charge in [0.05, 0.1) is 0 Å². The van der Waals surface area contributed by atoms with Gasteiger partial charge >= 0.3 is 0 Å². The van der Waals surface area contributed by atoms with E-state index in [-0.39, 0.29) is 0 Å². The predicted molar refractivity (Wildman–Crippen MR) is 217 cm³/mol. The van der Waals surface area contributed by atoms with E-state index in [1.54, 1.807) is 0 Å². The van der Waals surface area contributed by atoms with Crippen molar-refractivity contribution in [2.75, 3.05) is 0 Å². The minimum atomic E-state index is 0.608. The van der Waals surface area contributed by atoms with Crippen LogP contribution in [0.15, 0.2) is 192 Å². The summed E-state index contributed by atoms with van der Waals surface area (Å²) in [4.78, 5) is 15.4. The topological polar surface area (TPSA) is 51.8 Å². The molecular weight excluding hydrogens is 647 g/mol. The molecule has 248 valence electrons. The van der Waals surface area contributed by atoms with Crippen molar-refractivity contribution in [3.8, 4) is 67.5 Å². The molecule has 2 heterocycles. The molecule has 0 amide bonds. The van der Waals surface area contributed by atoms with E-state index in [4.69, 9.17) is 19.4 Å². The number of furan rings is 1. The highest BCUT2D eigenvalue weighted by atomic mass is 16.3. The van der Waals surface area contributed by atoms with Crippen molar-refractivity contribution in [1.29, 1.82) is 0 Å². The molecule has 4 nitrogen and oxygen atoms in total.